The number of anilines is 1. The zero-order valence-corrected chi connectivity index (χ0v) is 10.4. The smallest absolute Gasteiger partial charge is 0.131 e. The predicted octanol–water partition coefficient (Wildman–Crippen LogP) is 0.336. The van der Waals surface area contributed by atoms with Gasteiger partial charge in [0.25, 0.3) is 0 Å². The first-order chi connectivity index (χ1) is 8.35. The van der Waals surface area contributed by atoms with Crippen LogP contribution in [0.25, 0.3) is 0 Å². The highest BCUT2D eigenvalue weighted by molar-refractivity contribution is 5.36. The monoisotopic (exact) mass is 235 g/mol. The Hall–Kier alpha value is -1.20. The first-order valence-corrected chi connectivity index (χ1v) is 6.30. The standard InChI is InChI=1S/C12H21N5/c1-2-11(9-13)16-5-7-17(8-6-16)12-3-4-14-10-15-12/h3-4,10-11H,2,5-9,13H2,1H3. The average Bonchev–Trinajstić information content (AvgIpc) is 2.42. The van der Waals surface area contributed by atoms with Gasteiger partial charge in [-0.15, -0.1) is 0 Å². The summed E-state index contributed by atoms with van der Waals surface area (Å²) in [5.41, 5.74) is 5.78. The Morgan fingerprint density at radius 3 is 2.65 bits per heavy atom. The summed E-state index contributed by atoms with van der Waals surface area (Å²) in [7, 11) is 0. The van der Waals surface area contributed by atoms with Gasteiger partial charge in [0.1, 0.15) is 12.1 Å². The molecule has 0 bridgehead atoms. The van der Waals surface area contributed by atoms with Gasteiger partial charge in [-0.1, -0.05) is 6.92 Å². The molecule has 0 saturated carbocycles. The maximum Gasteiger partial charge on any atom is 0.131 e. The number of rotatable bonds is 4. The molecule has 2 heterocycles. The van der Waals surface area contributed by atoms with Gasteiger partial charge in [0.05, 0.1) is 0 Å². The van der Waals surface area contributed by atoms with Gasteiger partial charge in [-0.25, -0.2) is 9.97 Å². The van der Waals surface area contributed by atoms with Crippen molar-refractivity contribution in [2.24, 2.45) is 5.73 Å². The molecule has 1 aromatic rings. The predicted molar refractivity (Wildman–Crippen MR) is 69.0 cm³/mol. The minimum absolute atomic E-state index is 0.530. The summed E-state index contributed by atoms with van der Waals surface area (Å²) in [6.45, 7) is 7.14. The zero-order valence-electron chi connectivity index (χ0n) is 10.4. The van der Waals surface area contributed by atoms with Crippen molar-refractivity contribution in [3.8, 4) is 0 Å². The molecule has 5 nitrogen and oxygen atoms in total. The number of hydrogen-bond donors (Lipinski definition) is 1. The van der Waals surface area contributed by atoms with Crippen LogP contribution in [-0.2, 0) is 0 Å². The number of nitrogens with zero attached hydrogens (tertiary/aromatic N) is 4. The lowest BCUT2D eigenvalue weighted by Crippen LogP contribution is -2.52. The molecule has 1 fully saturated rings. The Labute approximate surface area is 103 Å². The Balaban J connectivity index is 1.90. The quantitative estimate of drug-likeness (QED) is 0.815. The molecule has 2 N–H and O–H groups in total. The van der Waals surface area contributed by atoms with Crippen molar-refractivity contribution in [1.82, 2.24) is 14.9 Å². The summed E-state index contributed by atoms with van der Waals surface area (Å²) in [5, 5.41) is 0. The topological polar surface area (TPSA) is 58.3 Å². The summed E-state index contributed by atoms with van der Waals surface area (Å²) < 4.78 is 0. The van der Waals surface area contributed by atoms with Gasteiger partial charge >= 0.3 is 0 Å². The van der Waals surface area contributed by atoms with E-state index in [0.717, 1.165) is 45.0 Å². The van der Waals surface area contributed by atoms with Crippen LogP contribution in [0.5, 0.6) is 0 Å². The second kappa shape index (κ2) is 5.93. The fourth-order valence-corrected chi connectivity index (χ4v) is 2.36. The maximum atomic E-state index is 5.78. The zero-order chi connectivity index (χ0) is 12.1. The lowest BCUT2D eigenvalue weighted by molar-refractivity contribution is 0.184. The van der Waals surface area contributed by atoms with Crippen LogP contribution in [0.4, 0.5) is 5.82 Å². The fourth-order valence-electron chi connectivity index (χ4n) is 2.36. The van der Waals surface area contributed by atoms with E-state index in [1.807, 2.05) is 6.07 Å². The number of piperazine rings is 1. The molecule has 1 saturated heterocycles. The largest absolute Gasteiger partial charge is 0.354 e. The van der Waals surface area contributed by atoms with Crippen molar-refractivity contribution in [1.29, 1.82) is 0 Å². The molecule has 2 rings (SSSR count). The molecule has 1 aliphatic rings. The first-order valence-electron chi connectivity index (χ1n) is 6.30. The molecule has 94 valence electrons. The van der Waals surface area contributed by atoms with Gasteiger partial charge < -0.3 is 10.6 Å². The van der Waals surface area contributed by atoms with Crippen molar-refractivity contribution in [2.45, 2.75) is 19.4 Å². The van der Waals surface area contributed by atoms with E-state index in [4.69, 9.17) is 5.73 Å². The molecule has 17 heavy (non-hydrogen) atoms. The molecule has 1 aromatic heterocycles. The summed E-state index contributed by atoms with van der Waals surface area (Å²) in [6, 6.07) is 2.50. The summed E-state index contributed by atoms with van der Waals surface area (Å²) in [4.78, 5) is 13.0. The van der Waals surface area contributed by atoms with E-state index < -0.39 is 0 Å². The van der Waals surface area contributed by atoms with Crippen molar-refractivity contribution < 1.29 is 0 Å². The molecule has 0 spiro atoms. The highest BCUT2D eigenvalue weighted by Gasteiger charge is 2.22. The highest BCUT2D eigenvalue weighted by Crippen LogP contribution is 2.14. The third-order valence-electron chi connectivity index (χ3n) is 3.46. The number of nitrogens with two attached hydrogens (primary N) is 1. The van der Waals surface area contributed by atoms with Crippen LogP contribution >= 0.6 is 0 Å². The van der Waals surface area contributed by atoms with E-state index >= 15 is 0 Å². The molecular weight excluding hydrogens is 214 g/mol. The molecule has 5 heteroatoms. The molecule has 0 amide bonds. The van der Waals surface area contributed by atoms with E-state index in [0.29, 0.717) is 6.04 Å². The van der Waals surface area contributed by atoms with Crippen molar-refractivity contribution in [3.05, 3.63) is 18.6 Å². The molecule has 0 aliphatic carbocycles. The van der Waals surface area contributed by atoms with Gasteiger partial charge in [-0.2, -0.15) is 0 Å². The molecule has 0 radical (unpaired) electrons. The van der Waals surface area contributed by atoms with Crippen LogP contribution in [0.15, 0.2) is 18.6 Å². The number of hydrogen-bond acceptors (Lipinski definition) is 5. The van der Waals surface area contributed by atoms with Crippen molar-refractivity contribution >= 4 is 5.82 Å². The van der Waals surface area contributed by atoms with Crippen molar-refractivity contribution in [2.75, 3.05) is 37.6 Å². The van der Waals surface area contributed by atoms with E-state index in [1.54, 1.807) is 12.5 Å². The van der Waals surface area contributed by atoms with Crippen LogP contribution in [-0.4, -0.2) is 53.6 Å². The lowest BCUT2D eigenvalue weighted by atomic mass is 10.1. The molecule has 1 atom stereocenters. The Bertz CT molecular complexity index is 317. The van der Waals surface area contributed by atoms with Crippen molar-refractivity contribution in [3.63, 3.8) is 0 Å². The van der Waals surface area contributed by atoms with E-state index in [2.05, 4.69) is 26.7 Å². The maximum absolute atomic E-state index is 5.78. The normalized spacial score (nSPS) is 19.3. The van der Waals surface area contributed by atoms with E-state index in [1.165, 1.54) is 0 Å². The van der Waals surface area contributed by atoms with Gasteiger partial charge in [-0.05, 0) is 12.5 Å². The van der Waals surface area contributed by atoms with Gasteiger partial charge in [-0.3, -0.25) is 4.90 Å². The van der Waals surface area contributed by atoms with Crippen LogP contribution in [0.3, 0.4) is 0 Å². The van der Waals surface area contributed by atoms with Crippen LogP contribution in [0.2, 0.25) is 0 Å². The second-order valence-corrected chi connectivity index (χ2v) is 4.39. The van der Waals surface area contributed by atoms with Gasteiger partial charge in [0, 0.05) is 45.0 Å². The minimum atomic E-state index is 0.530. The third-order valence-corrected chi connectivity index (χ3v) is 3.46. The summed E-state index contributed by atoms with van der Waals surface area (Å²) in [6.07, 6.45) is 4.53. The molecule has 1 unspecified atom stereocenters. The Kier molecular flexibility index (Phi) is 4.28. The van der Waals surface area contributed by atoms with Gasteiger partial charge in [0.2, 0.25) is 0 Å². The first kappa shape index (κ1) is 12.3. The molecule has 0 aromatic carbocycles. The van der Waals surface area contributed by atoms with Crippen LogP contribution in [0.1, 0.15) is 13.3 Å². The molecule has 1 aliphatic heterocycles. The molecular formula is C12H21N5. The van der Waals surface area contributed by atoms with E-state index in [9.17, 15) is 0 Å². The SMILES string of the molecule is CCC(CN)N1CCN(c2ccncn2)CC1. The summed E-state index contributed by atoms with van der Waals surface area (Å²) in [5.74, 6) is 1.03. The Morgan fingerprint density at radius 1 is 1.35 bits per heavy atom. The minimum Gasteiger partial charge on any atom is -0.354 e. The second-order valence-electron chi connectivity index (χ2n) is 4.39. The van der Waals surface area contributed by atoms with E-state index in [-0.39, 0.29) is 0 Å². The lowest BCUT2D eigenvalue weighted by Gasteiger charge is -2.39. The van der Waals surface area contributed by atoms with Crippen LogP contribution in [0, 0.1) is 0 Å². The van der Waals surface area contributed by atoms with Gasteiger partial charge in [0.15, 0.2) is 0 Å². The van der Waals surface area contributed by atoms with Crippen LogP contribution < -0.4 is 10.6 Å². The average molecular weight is 235 g/mol. The Morgan fingerprint density at radius 2 is 2.12 bits per heavy atom. The third kappa shape index (κ3) is 2.92. The fraction of sp³-hybridized carbons (Fsp3) is 0.667. The summed E-state index contributed by atoms with van der Waals surface area (Å²) >= 11 is 0. The highest BCUT2D eigenvalue weighted by atomic mass is 15.3. The number of aromatic nitrogens is 2.